The highest BCUT2D eigenvalue weighted by atomic mass is 79.9. The van der Waals surface area contributed by atoms with Crippen LogP contribution >= 0.6 is 15.9 Å². The van der Waals surface area contributed by atoms with E-state index in [1.807, 2.05) is 0 Å². The number of rotatable bonds is 4. The molecule has 4 heteroatoms. The molecule has 1 aromatic carbocycles. The van der Waals surface area contributed by atoms with Gasteiger partial charge in [-0.2, -0.15) is 0 Å². The van der Waals surface area contributed by atoms with E-state index in [1.165, 1.54) is 12.0 Å². The summed E-state index contributed by atoms with van der Waals surface area (Å²) >= 11 is 3.54. The Hall–Kier alpha value is -1.13. The fraction of sp³-hybridized carbons (Fsp3) is 0.471. The first kappa shape index (κ1) is 14.8. The molecule has 0 N–H and O–H groups in total. The summed E-state index contributed by atoms with van der Waals surface area (Å²) in [7, 11) is 0. The number of nitrogens with zero attached hydrogens (tertiary/aromatic N) is 2. The van der Waals surface area contributed by atoms with E-state index in [0.717, 1.165) is 35.4 Å². The van der Waals surface area contributed by atoms with Crippen molar-refractivity contribution < 1.29 is 4.52 Å². The summed E-state index contributed by atoms with van der Waals surface area (Å²) in [5, 5.41) is 4.21. The van der Waals surface area contributed by atoms with Crippen LogP contribution in [0.5, 0.6) is 0 Å². The van der Waals surface area contributed by atoms with Crippen LogP contribution in [0.15, 0.2) is 39.3 Å². The second kappa shape index (κ2) is 6.32. The van der Waals surface area contributed by atoms with E-state index in [9.17, 15) is 0 Å². The standard InChI is InChI=1S/C17H21BrN2O/c1-12(2)15-10-17(21-19-15)16-7-4-8-20(16)11-13-5-3-6-14(18)9-13/h3,5-6,9-10,12,16H,4,7-8,11H2,1-2H3/t16-/m1/s1. The van der Waals surface area contributed by atoms with Gasteiger partial charge in [0, 0.05) is 17.1 Å². The Morgan fingerprint density at radius 2 is 2.24 bits per heavy atom. The summed E-state index contributed by atoms with van der Waals surface area (Å²) < 4.78 is 6.74. The number of hydrogen-bond acceptors (Lipinski definition) is 3. The second-order valence-corrected chi connectivity index (χ2v) is 6.98. The van der Waals surface area contributed by atoms with Crippen molar-refractivity contribution in [2.24, 2.45) is 0 Å². The van der Waals surface area contributed by atoms with Crippen molar-refractivity contribution in [2.75, 3.05) is 6.54 Å². The van der Waals surface area contributed by atoms with E-state index in [1.54, 1.807) is 0 Å². The Kier molecular flexibility index (Phi) is 4.45. The highest BCUT2D eigenvalue weighted by molar-refractivity contribution is 9.10. The molecule has 0 unspecified atom stereocenters. The maximum Gasteiger partial charge on any atom is 0.154 e. The van der Waals surface area contributed by atoms with Crippen LogP contribution in [0.25, 0.3) is 0 Å². The fourth-order valence-electron chi connectivity index (χ4n) is 2.94. The van der Waals surface area contributed by atoms with Crippen molar-refractivity contribution in [3.8, 4) is 0 Å². The van der Waals surface area contributed by atoms with E-state index in [0.29, 0.717) is 12.0 Å². The van der Waals surface area contributed by atoms with E-state index in [2.05, 4.69) is 70.2 Å². The van der Waals surface area contributed by atoms with Gasteiger partial charge in [-0.05, 0) is 43.0 Å². The van der Waals surface area contributed by atoms with E-state index < -0.39 is 0 Å². The summed E-state index contributed by atoms with van der Waals surface area (Å²) in [5.41, 5.74) is 2.39. The molecule has 1 atom stereocenters. The van der Waals surface area contributed by atoms with Crippen LogP contribution < -0.4 is 0 Å². The zero-order valence-electron chi connectivity index (χ0n) is 12.6. The Balaban J connectivity index is 1.75. The van der Waals surface area contributed by atoms with Crippen LogP contribution in [0.2, 0.25) is 0 Å². The topological polar surface area (TPSA) is 29.3 Å². The van der Waals surface area contributed by atoms with Gasteiger partial charge in [0.1, 0.15) is 0 Å². The normalized spacial score (nSPS) is 19.5. The first-order valence-electron chi connectivity index (χ1n) is 7.58. The predicted molar refractivity (Wildman–Crippen MR) is 87.1 cm³/mol. The lowest BCUT2D eigenvalue weighted by Crippen LogP contribution is -2.22. The highest BCUT2D eigenvalue weighted by Crippen LogP contribution is 2.34. The Bertz CT molecular complexity index is 608. The van der Waals surface area contributed by atoms with Crippen LogP contribution in [0, 0.1) is 0 Å². The molecule has 1 fully saturated rings. The average molecular weight is 349 g/mol. The third kappa shape index (κ3) is 3.38. The van der Waals surface area contributed by atoms with Crippen molar-refractivity contribution in [3.05, 3.63) is 51.8 Å². The molecule has 0 radical (unpaired) electrons. The van der Waals surface area contributed by atoms with Gasteiger partial charge in [-0.15, -0.1) is 0 Å². The third-order valence-electron chi connectivity index (χ3n) is 4.10. The molecule has 0 aliphatic carbocycles. The number of likely N-dealkylation sites (tertiary alicyclic amines) is 1. The summed E-state index contributed by atoms with van der Waals surface area (Å²) in [6.07, 6.45) is 2.37. The molecule has 2 aromatic rings. The minimum absolute atomic E-state index is 0.365. The second-order valence-electron chi connectivity index (χ2n) is 6.07. The van der Waals surface area contributed by atoms with Gasteiger partial charge >= 0.3 is 0 Å². The van der Waals surface area contributed by atoms with Gasteiger partial charge in [0.2, 0.25) is 0 Å². The molecule has 2 heterocycles. The number of aromatic nitrogens is 1. The van der Waals surface area contributed by atoms with Crippen LogP contribution in [0.1, 0.15) is 55.7 Å². The molecule has 3 rings (SSSR count). The fourth-order valence-corrected chi connectivity index (χ4v) is 3.39. The molecule has 1 aromatic heterocycles. The predicted octanol–water partition coefficient (Wildman–Crippen LogP) is 4.90. The molecule has 0 amide bonds. The average Bonchev–Trinajstić information content (AvgIpc) is 3.06. The van der Waals surface area contributed by atoms with Crippen LogP contribution in [0.4, 0.5) is 0 Å². The molecule has 1 aliphatic rings. The Morgan fingerprint density at radius 1 is 1.38 bits per heavy atom. The first-order chi connectivity index (χ1) is 10.1. The maximum atomic E-state index is 5.60. The first-order valence-corrected chi connectivity index (χ1v) is 8.38. The Morgan fingerprint density at radius 3 is 2.95 bits per heavy atom. The SMILES string of the molecule is CC(C)c1cc([C@H]2CCCN2Cc2cccc(Br)c2)on1. The molecule has 0 bridgehead atoms. The van der Waals surface area contributed by atoms with Gasteiger partial charge in [0.05, 0.1) is 11.7 Å². The number of halogens is 1. The van der Waals surface area contributed by atoms with Crippen LogP contribution in [-0.4, -0.2) is 16.6 Å². The monoisotopic (exact) mass is 348 g/mol. The maximum absolute atomic E-state index is 5.60. The Labute approximate surface area is 134 Å². The smallest absolute Gasteiger partial charge is 0.154 e. The van der Waals surface area contributed by atoms with Gasteiger partial charge in [-0.3, -0.25) is 4.90 Å². The summed E-state index contributed by atoms with van der Waals surface area (Å²) in [4.78, 5) is 2.49. The lowest BCUT2D eigenvalue weighted by molar-refractivity contribution is 0.206. The number of benzene rings is 1. The molecule has 0 spiro atoms. The van der Waals surface area contributed by atoms with Gasteiger partial charge in [-0.1, -0.05) is 47.1 Å². The van der Waals surface area contributed by atoms with E-state index in [4.69, 9.17) is 4.52 Å². The van der Waals surface area contributed by atoms with Crippen molar-refractivity contribution in [1.82, 2.24) is 10.1 Å². The molecule has 3 nitrogen and oxygen atoms in total. The van der Waals surface area contributed by atoms with Gasteiger partial charge in [0.25, 0.3) is 0 Å². The minimum Gasteiger partial charge on any atom is -0.359 e. The molecule has 0 saturated carbocycles. The molecular formula is C17H21BrN2O. The molecule has 112 valence electrons. The van der Waals surface area contributed by atoms with Crippen molar-refractivity contribution >= 4 is 15.9 Å². The van der Waals surface area contributed by atoms with Gasteiger partial charge in [-0.25, -0.2) is 0 Å². The van der Waals surface area contributed by atoms with E-state index in [-0.39, 0.29) is 0 Å². The number of hydrogen-bond donors (Lipinski definition) is 0. The summed E-state index contributed by atoms with van der Waals surface area (Å²) in [5.74, 6) is 1.44. The van der Waals surface area contributed by atoms with E-state index >= 15 is 0 Å². The summed E-state index contributed by atoms with van der Waals surface area (Å²) in [6, 6.07) is 11.0. The van der Waals surface area contributed by atoms with Gasteiger partial charge < -0.3 is 4.52 Å². The zero-order valence-corrected chi connectivity index (χ0v) is 14.1. The highest BCUT2D eigenvalue weighted by Gasteiger charge is 2.29. The lowest BCUT2D eigenvalue weighted by Gasteiger charge is -2.22. The summed E-state index contributed by atoms with van der Waals surface area (Å²) in [6.45, 7) is 6.38. The quantitative estimate of drug-likeness (QED) is 0.786. The molecule has 1 saturated heterocycles. The van der Waals surface area contributed by atoms with Crippen molar-refractivity contribution in [1.29, 1.82) is 0 Å². The third-order valence-corrected chi connectivity index (χ3v) is 4.60. The van der Waals surface area contributed by atoms with Gasteiger partial charge in [0.15, 0.2) is 5.76 Å². The molecule has 1 aliphatic heterocycles. The van der Waals surface area contributed by atoms with Crippen LogP contribution in [0.3, 0.4) is 0 Å². The van der Waals surface area contributed by atoms with Crippen molar-refractivity contribution in [2.45, 2.75) is 45.2 Å². The van der Waals surface area contributed by atoms with Crippen molar-refractivity contribution in [3.63, 3.8) is 0 Å². The zero-order chi connectivity index (χ0) is 14.8. The minimum atomic E-state index is 0.365. The molecule has 21 heavy (non-hydrogen) atoms. The largest absolute Gasteiger partial charge is 0.359 e. The van der Waals surface area contributed by atoms with Crippen LogP contribution in [-0.2, 0) is 6.54 Å². The molecular weight excluding hydrogens is 328 g/mol. The lowest BCUT2D eigenvalue weighted by atomic mass is 10.1.